The molecule has 0 radical (unpaired) electrons. The lowest BCUT2D eigenvalue weighted by Crippen LogP contribution is -2.33. The number of aromatic hydroxyl groups is 1. The van der Waals surface area contributed by atoms with Gasteiger partial charge in [0.25, 0.3) is 5.91 Å². The molecule has 1 amide bonds. The second-order valence-corrected chi connectivity index (χ2v) is 7.22. The third-order valence-corrected chi connectivity index (χ3v) is 4.86. The Morgan fingerprint density at radius 3 is 2.40 bits per heavy atom. The lowest BCUT2D eigenvalue weighted by Gasteiger charge is -2.23. The van der Waals surface area contributed by atoms with Crippen molar-refractivity contribution in [2.24, 2.45) is 5.73 Å². The summed E-state index contributed by atoms with van der Waals surface area (Å²) in [6, 6.07) is 9.18. The summed E-state index contributed by atoms with van der Waals surface area (Å²) in [6.45, 7) is 2.74. The molecule has 0 aliphatic rings. The minimum Gasteiger partial charge on any atom is -0.507 e. The topological polar surface area (TPSA) is 98.8 Å². The molecule has 0 bridgehead atoms. The number of amides is 1. The van der Waals surface area contributed by atoms with Crippen LogP contribution in [0.5, 0.6) is 5.75 Å². The van der Waals surface area contributed by atoms with Crippen LogP contribution in [-0.4, -0.2) is 42.3 Å². The summed E-state index contributed by atoms with van der Waals surface area (Å²) in [7, 11) is 1.80. The first kappa shape index (κ1) is 23.5. The Labute approximate surface area is 173 Å². The number of halogens is 3. The Bertz CT molecular complexity index is 857. The maximum absolute atomic E-state index is 12.7. The minimum atomic E-state index is -4.36. The van der Waals surface area contributed by atoms with E-state index in [0.29, 0.717) is 24.2 Å². The molecule has 2 rings (SSSR count). The van der Waals surface area contributed by atoms with Crippen LogP contribution in [0.25, 0.3) is 0 Å². The summed E-state index contributed by atoms with van der Waals surface area (Å²) in [5, 5.41) is 23.1. The standard InChI is InChI=1S/C21H26F3N3O3/c1-13(9-10-27(2)16-6-4-15(5-7-16)21(22,23)24)26-12-19(29)14-3-8-18(28)17(11-14)20(25)30/h3-8,11,13,19,26,28-29H,9-10,12H2,1-2H3,(H2,25,30). The van der Waals surface area contributed by atoms with Crippen molar-refractivity contribution in [3.05, 3.63) is 59.2 Å². The van der Waals surface area contributed by atoms with Crippen LogP contribution in [0.4, 0.5) is 18.9 Å². The molecule has 0 aliphatic carbocycles. The van der Waals surface area contributed by atoms with E-state index >= 15 is 0 Å². The maximum Gasteiger partial charge on any atom is 0.416 e. The van der Waals surface area contributed by atoms with Crippen LogP contribution >= 0.6 is 0 Å². The second-order valence-electron chi connectivity index (χ2n) is 7.22. The zero-order valence-electron chi connectivity index (χ0n) is 16.8. The highest BCUT2D eigenvalue weighted by molar-refractivity contribution is 5.95. The number of nitrogens with zero attached hydrogens (tertiary/aromatic N) is 1. The van der Waals surface area contributed by atoms with E-state index in [1.807, 2.05) is 11.8 Å². The van der Waals surface area contributed by atoms with E-state index in [9.17, 15) is 28.2 Å². The smallest absolute Gasteiger partial charge is 0.416 e. The average molecular weight is 425 g/mol. The monoisotopic (exact) mass is 425 g/mol. The van der Waals surface area contributed by atoms with Gasteiger partial charge in [0.1, 0.15) is 5.75 Å². The molecule has 9 heteroatoms. The van der Waals surface area contributed by atoms with Gasteiger partial charge in [-0.2, -0.15) is 13.2 Å². The third-order valence-electron chi connectivity index (χ3n) is 4.86. The van der Waals surface area contributed by atoms with Gasteiger partial charge in [0.15, 0.2) is 0 Å². The first-order chi connectivity index (χ1) is 14.0. The fraction of sp³-hybridized carbons (Fsp3) is 0.381. The van der Waals surface area contributed by atoms with Gasteiger partial charge in [-0.05, 0) is 55.3 Å². The molecule has 6 nitrogen and oxygen atoms in total. The molecule has 0 spiro atoms. The Kier molecular flexibility index (Phi) is 7.69. The van der Waals surface area contributed by atoms with Crippen molar-refractivity contribution in [1.82, 2.24) is 5.32 Å². The average Bonchev–Trinajstić information content (AvgIpc) is 2.69. The minimum absolute atomic E-state index is 0.0178. The van der Waals surface area contributed by atoms with E-state index in [4.69, 9.17) is 5.73 Å². The van der Waals surface area contributed by atoms with Crippen molar-refractivity contribution < 1.29 is 28.2 Å². The van der Waals surface area contributed by atoms with E-state index in [2.05, 4.69) is 5.32 Å². The summed E-state index contributed by atoms with van der Waals surface area (Å²) in [5.74, 6) is -1.03. The zero-order chi connectivity index (χ0) is 22.5. The number of benzene rings is 2. The van der Waals surface area contributed by atoms with Crippen LogP contribution in [0.3, 0.4) is 0 Å². The highest BCUT2D eigenvalue weighted by Gasteiger charge is 2.30. The lowest BCUT2D eigenvalue weighted by atomic mass is 10.0. The number of rotatable bonds is 9. The fourth-order valence-electron chi connectivity index (χ4n) is 2.91. The molecule has 0 fully saturated rings. The SMILES string of the molecule is CC(CCN(C)c1ccc(C(F)(F)F)cc1)NCC(O)c1ccc(O)c(C(N)=O)c1. The van der Waals surface area contributed by atoms with Gasteiger partial charge < -0.3 is 26.2 Å². The number of primary amides is 1. The Balaban J connectivity index is 1.84. The number of hydrogen-bond acceptors (Lipinski definition) is 5. The third kappa shape index (κ3) is 6.36. The van der Waals surface area contributed by atoms with Crippen LogP contribution in [0.1, 0.15) is 40.9 Å². The van der Waals surface area contributed by atoms with Gasteiger partial charge in [-0.15, -0.1) is 0 Å². The van der Waals surface area contributed by atoms with Crippen molar-refractivity contribution in [2.75, 3.05) is 25.0 Å². The molecule has 0 saturated heterocycles. The van der Waals surface area contributed by atoms with Crippen molar-refractivity contribution in [3.63, 3.8) is 0 Å². The zero-order valence-corrected chi connectivity index (χ0v) is 16.8. The summed E-state index contributed by atoms with van der Waals surface area (Å²) < 4.78 is 38.0. The summed E-state index contributed by atoms with van der Waals surface area (Å²) >= 11 is 0. The number of carbonyl (C=O) groups excluding carboxylic acids is 1. The predicted molar refractivity (Wildman–Crippen MR) is 108 cm³/mol. The summed E-state index contributed by atoms with van der Waals surface area (Å²) in [5.41, 5.74) is 5.58. The van der Waals surface area contributed by atoms with E-state index in [0.717, 1.165) is 12.1 Å². The summed E-state index contributed by atoms with van der Waals surface area (Å²) in [6.07, 6.45) is -4.57. The number of phenols is 1. The molecule has 2 aromatic rings. The number of aliphatic hydroxyl groups is 1. The normalized spacial score (nSPS) is 13.7. The fourth-order valence-corrected chi connectivity index (χ4v) is 2.91. The molecule has 164 valence electrons. The van der Waals surface area contributed by atoms with E-state index in [1.165, 1.54) is 30.3 Å². The molecule has 30 heavy (non-hydrogen) atoms. The molecule has 2 atom stereocenters. The van der Waals surface area contributed by atoms with Gasteiger partial charge in [0.05, 0.1) is 17.2 Å². The number of hydrogen-bond donors (Lipinski definition) is 4. The Hall–Kier alpha value is -2.78. The first-order valence-corrected chi connectivity index (χ1v) is 9.41. The van der Waals surface area contributed by atoms with Crippen LogP contribution in [0.15, 0.2) is 42.5 Å². The molecule has 0 saturated carbocycles. The quantitative estimate of drug-likeness (QED) is 0.495. The number of nitrogens with two attached hydrogens (primary N) is 1. The molecule has 5 N–H and O–H groups in total. The first-order valence-electron chi connectivity index (χ1n) is 9.41. The van der Waals surface area contributed by atoms with Crippen LogP contribution in [0.2, 0.25) is 0 Å². The van der Waals surface area contributed by atoms with Gasteiger partial charge in [-0.1, -0.05) is 6.07 Å². The number of alkyl halides is 3. The van der Waals surface area contributed by atoms with Crippen molar-refractivity contribution in [2.45, 2.75) is 31.7 Å². The summed E-state index contributed by atoms with van der Waals surface area (Å²) in [4.78, 5) is 13.2. The molecule has 0 aliphatic heterocycles. The van der Waals surface area contributed by atoms with Crippen LogP contribution in [-0.2, 0) is 6.18 Å². The van der Waals surface area contributed by atoms with Crippen molar-refractivity contribution in [3.8, 4) is 5.75 Å². The Morgan fingerprint density at radius 1 is 1.20 bits per heavy atom. The molecular formula is C21H26F3N3O3. The van der Waals surface area contributed by atoms with Gasteiger partial charge in [-0.25, -0.2) is 0 Å². The van der Waals surface area contributed by atoms with Crippen molar-refractivity contribution >= 4 is 11.6 Å². The second kappa shape index (κ2) is 9.82. The number of carbonyl (C=O) groups is 1. The molecular weight excluding hydrogens is 399 g/mol. The van der Waals surface area contributed by atoms with E-state index in [-0.39, 0.29) is 23.9 Å². The van der Waals surface area contributed by atoms with E-state index < -0.39 is 23.8 Å². The Morgan fingerprint density at radius 2 is 1.83 bits per heavy atom. The highest BCUT2D eigenvalue weighted by Crippen LogP contribution is 2.30. The van der Waals surface area contributed by atoms with Crippen molar-refractivity contribution in [1.29, 1.82) is 0 Å². The predicted octanol–water partition coefficient (Wildman–Crippen LogP) is 3.05. The van der Waals surface area contributed by atoms with Gasteiger partial charge in [0.2, 0.25) is 0 Å². The number of nitrogens with one attached hydrogen (secondary N) is 1. The highest BCUT2D eigenvalue weighted by atomic mass is 19.4. The molecule has 0 aromatic heterocycles. The number of aliphatic hydroxyl groups excluding tert-OH is 1. The maximum atomic E-state index is 12.7. The molecule has 0 heterocycles. The van der Waals surface area contributed by atoms with Crippen LogP contribution < -0.4 is 16.0 Å². The van der Waals surface area contributed by atoms with E-state index in [1.54, 1.807) is 7.05 Å². The van der Waals surface area contributed by atoms with Gasteiger partial charge in [-0.3, -0.25) is 4.79 Å². The molecule has 2 unspecified atom stereocenters. The number of anilines is 1. The lowest BCUT2D eigenvalue weighted by molar-refractivity contribution is -0.137. The van der Waals surface area contributed by atoms with Gasteiger partial charge in [0, 0.05) is 31.9 Å². The largest absolute Gasteiger partial charge is 0.507 e. The van der Waals surface area contributed by atoms with Gasteiger partial charge >= 0.3 is 6.18 Å². The van der Waals surface area contributed by atoms with Crippen LogP contribution in [0, 0.1) is 0 Å². The molecule has 2 aromatic carbocycles.